The summed E-state index contributed by atoms with van der Waals surface area (Å²) in [6.07, 6.45) is -1.28. The van der Waals surface area contributed by atoms with Crippen LogP contribution in [0.4, 0.5) is 13.2 Å². The van der Waals surface area contributed by atoms with Crippen molar-refractivity contribution in [2.45, 2.75) is 13.0 Å². The number of halogens is 3. The summed E-state index contributed by atoms with van der Waals surface area (Å²) in [6.45, 7) is 1.76. The normalized spacial score (nSPS) is 12.8. The molecule has 0 aliphatic rings. The van der Waals surface area contributed by atoms with Crippen LogP contribution in [-0.4, -0.2) is 5.11 Å². The maximum absolute atomic E-state index is 13.4. The molecular weight excluding hydrogens is 249 g/mol. The van der Waals surface area contributed by atoms with E-state index in [-0.39, 0.29) is 5.56 Å². The fourth-order valence-electron chi connectivity index (χ4n) is 1.57. The van der Waals surface area contributed by atoms with Crippen LogP contribution in [0.1, 0.15) is 22.8 Å². The molecule has 2 rings (SSSR count). The fraction of sp³-hybridized carbons (Fsp3) is 0.167. The van der Waals surface area contributed by atoms with Gasteiger partial charge in [0.05, 0.1) is 0 Å². The molecule has 1 N–H and O–H groups in total. The molecule has 17 heavy (non-hydrogen) atoms. The number of aliphatic hydroxyl groups is 1. The van der Waals surface area contributed by atoms with E-state index >= 15 is 0 Å². The number of thiophene rings is 1. The summed E-state index contributed by atoms with van der Waals surface area (Å²) < 4.78 is 39.2. The lowest BCUT2D eigenvalue weighted by atomic mass is 10.0. The van der Waals surface area contributed by atoms with Gasteiger partial charge in [-0.1, -0.05) is 0 Å². The highest BCUT2D eigenvalue weighted by Crippen LogP contribution is 2.29. The Balaban J connectivity index is 2.48. The quantitative estimate of drug-likeness (QED) is 0.817. The molecule has 0 bridgehead atoms. The molecule has 1 aromatic heterocycles. The predicted octanol–water partition coefficient (Wildman–Crippen LogP) is 3.56. The molecule has 0 amide bonds. The lowest BCUT2D eigenvalue weighted by Crippen LogP contribution is -2.04. The molecule has 1 unspecified atom stereocenters. The van der Waals surface area contributed by atoms with Gasteiger partial charge in [-0.2, -0.15) is 11.3 Å². The van der Waals surface area contributed by atoms with E-state index in [1.165, 1.54) is 11.3 Å². The Bertz CT molecular complexity index is 551. The molecule has 90 valence electrons. The first kappa shape index (κ1) is 12.1. The monoisotopic (exact) mass is 258 g/mol. The van der Waals surface area contributed by atoms with Gasteiger partial charge >= 0.3 is 0 Å². The summed E-state index contributed by atoms with van der Waals surface area (Å²) in [5.74, 6) is -3.39. The number of rotatable bonds is 2. The van der Waals surface area contributed by atoms with Crippen molar-refractivity contribution < 1.29 is 18.3 Å². The van der Waals surface area contributed by atoms with Crippen molar-refractivity contribution in [1.29, 1.82) is 0 Å². The molecule has 0 aliphatic heterocycles. The van der Waals surface area contributed by atoms with Gasteiger partial charge in [0, 0.05) is 11.6 Å². The summed E-state index contributed by atoms with van der Waals surface area (Å²) in [4.78, 5) is 0. The van der Waals surface area contributed by atoms with E-state index in [0.29, 0.717) is 17.7 Å². The Morgan fingerprint density at radius 1 is 1.00 bits per heavy atom. The van der Waals surface area contributed by atoms with Gasteiger partial charge < -0.3 is 5.11 Å². The average molecular weight is 258 g/mol. The minimum Gasteiger partial charge on any atom is -0.384 e. The van der Waals surface area contributed by atoms with E-state index in [4.69, 9.17) is 0 Å². The lowest BCUT2D eigenvalue weighted by molar-refractivity contribution is 0.213. The van der Waals surface area contributed by atoms with E-state index in [1.807, 2.05) is 0 Å². The van der Waals surface area contributed by atoms with Gasteiger partial charge in [-0.25, -0.2) is 13.2 Å². The van der Waals surface area contributed by atoms with Gasteiger partial charge in [0.15, 0.2) is 11.6 Å². The summed E-state index contributed by atoms with van der Waals surface area (Å²) in [7, 11) is 0. The van der Waals surface area contributed by atoms with E-state index in [0.717, 1.165) is 5.56 Å². The van der Waals surface area contributed by atoms with E-state index < -0.39 is 23.6 Å². The van der Waals surface area contributed by atoms with Crippen molar-refractivity contribution in [3.63, 3.8) is 0 Å². The summed E-state index contributed by atoms with van der Waals surface area (Å²) >= 11 is 1.35. The molecule has 0 saturated heterocycles. The third kappa shape index (κ3) is 2.21. The first-order valence-corrected chi connectivity index (χ1v) is 5.80. The Hall–Kier alpha value is -1.33. The summed E-state index contributed by atoms with van der Waals surface area (Å²) in [5.41, 5.74) is 1.02. The molecule has 1 nitrogen and oxygen atoms in total. The van der Waals surface area contributed by atoms with Crippen LogP contribution in [0.3, 0.4) is 0 Å². The second-order valence-corrected chi connectivity index (χ2v) is 4.44. The average Bonchev–Trinajstić information content (AvgIpc) is 2.69. The zero-order valence-electron chi connectivity index (χ0n) is 8.88. The number of aryl methyl sites for hydroxylation is 1. The second kappa shape index (κ2) is 4.50. The van der Waals surface area contributed by atoms with E-state index in [2.05, 4.69) is 0 Å². The van der Waals surface area contributed by atoms with Crippen molar-refractivity contribution in [3.05, 3.63) is 57.0 Å². The van der Waals surface area contributed by atoms with Crippen LogP contribution in [0.5, 0.6) is 0 Å². The molecule has 1 aromatic carbocycles. The number of hydrogen-bond donors (Lipinski definition) is 1. The molecule has 0 saturated carbocycles. The molecule has 1 atom stereocenters. The van der Waals surface area contributed by atoms with Crippen molar-refractivity contribution in [2.75, 3.05) is 0 Å². The minimum atomic E-state index is -1.28. The van der Waals surface area contributed by atoms with Crippen LogP contribution in [0.25, 0.3) is 0 Å². The van der Waals surface area contributed by atoms with Crippen LogP contribution in [-0.2, 0) is 0 Å². The van der Waals surface area contributed by atoms with Crippen LogP contribution < -0.4 is 0 Å². The molecule has 0 fully saturated rings. The van der Waals surface area contributed by atoms with Crippen molar-refractivity contribution in [3.8, 4) is 0 Å². The number of aliphatic hydroxyl groups excluding tert-OH is 1. The molecule has 0 radical (unpaired) electrons. The largest absolute Gasteiger partial charge is 0.384 e. The standard InChI is InChI=1S/C12H9F3OS/c1-6-4-17-5-8(6)12(16)7-2-10(14)11(15)3-9(7)13/h2-5,12,16H,1H3. The zero-order valence-corrected chi connectivity index (χ0v) is 9.69. The molecule has 2 aromatic rings. The third-order valence-corrected chi connectivity index (χ3v) is 3.40. The number of benzene rings is 1. The maximum Gasteiger partial charge on any atom is 0.161 e. The first-order chi connectivity index (χ1) is 8.00. The first-order valence-electron chi connectivity index (χ1n) is 4.86. The summed E-state index contributed by atoms with van der Waals surface area (Å²) in [6, 6.07) is 1.13. The van der Waals surface area contributed by atoms with E-state index in [1.54, 1.807) is 17.7 Å². The fourth-order valence-corrected chi connectivity index (χ4v) is 2.44. The molecule has 0 aliphatic carbocycles. The van der Waals surface area contributed by atoms with Gasteiger partial charge in [0.25, 0.3) is 0 Å². The van der Waals surface area contributed by atoms with Gasteiger partial charge in [-0.05, 0) is 34.9 Å². The lowest BCUT2D eigenvalue weighted by Gasteiger charge is -2.12. The molecular formula is C12H9F3OS. The van der Waals surface area contributed by atoms with Crippen LogP contribution in [0.2, 0.25) is 0 Å². The van der Waals surface area contributed by atoms with Crippen LogP contribution in [0.15, 0.2) is 22.9 Å². The Morgan fingerprint density at radius 3 is 2.24 bits per heavy atom. The van der Waals surface area contributed by atoms with Gasteiger partial charge in [-0.15, -0.1) is 0 Å². The summed E-state index contributed by atoms with van der Waals surface area (Å²) in [5, 5.41) is 13.4. The SMILES string of the molecule is Cc1cscc1C(O)c1cc(F)c(F)cc1F. The van der Waals surface area contributed by atoms with Gasteiger partial charge in [0.2, 0.25) is 0 Å². The predicted molar refractivity (Wildman–Crippen MR) is 59.4 cm³/mol. The third-order valence-electron chi connectivity index (χ3n) is 2.52. The Morgan fingerprint density at radius 2 is 1.65 bits per heavy atom. The van der Waals surface area contributed by atoms with Crippen molar-refractivity contribution in [2.24, 2.45) is 0 Å². The smallest absolute Gasteiger partial charge is 0.161 e. The van der Waals surface area contributed by atoms with Gasteiger partial charge in [-0.3, -0.25) is 0 Å². The van der Waals surface area contributed by atoms with Crippen molar-refractivity contribution >= 4 is 11.3 Å². The van der Waals surface area contributed by atoms with Gasteiger partial charge in [0.1, 0.15) is 11.9 Å². The van der Waals surface area contributed by atoms with Crippen LogP contribution >= 0.6 is 11.3 Å². The molecule has 1 heterocycles. The Kier molecular flexibility index (Phi) is 3.22. The van der Waals surface area contributed by atoms with Crippen LogP contribution in [0, 0.1) is 24.4 Å². The zero-order chi connectivity index (χ0) is 12.6. The second-order valence-electron chi connectivity index (χ2n) is 3.70. The highest BCUT2D eigenvalue weighted by molar-refractivity contribution is 7.08. The Labute approximate surface area is 100 Å². The molecule has 5 heteroatoms. The highest BCUT2D eigenvalue weighted by atomic mass is 32.1. The van der Waals surface area contributed by atoms with Crippen molar-refractivity contribution in [1.82, 2.24) is 0 Å². The maximum atomic E-state index is 13.4. The van der Waals surface area contributed by atoms with E-state index in [9.17, 15) is 18.3 Å². The highest BCUT2D eigenvalue weighted by Gasteiger charge is 2.20. The number of hydrogen-bond acceptors (Lipinski definition) is 2. The molecule has 0 spiro atoms. The minimum absolute atomic E-state index is 0.259. The topological polar surface area (TPSA) is 20.2 Å².